The number of rotatable bonds is 6. The summed E-state index contributed by atoms with van der Waals surface area (Å²) in [5.41, 5.74) is 2.70. The standard InChI is InChI=1S/C18H22N2O3S/c1-12-16(13(2)23-20-12)11-24-17-8-4-3-7-15(17)18(21)19-10-14-6-5-9-22-14/h3-4,7-8,14H,5-6,9-11H2,1-2H3,(H,19,21). The molecule has 1 fully saturated rings. The van der Waals surface area contributed by atoms with Gasteiger partial charge in [0.2, 0.25) is 0 Å². The molecule has 24 heavy (non-hydrogen) atoms. The molecule has 2 heterocycles. The zero-order valence-corrected chi connectivity index (χ0v) is 14.8. The van der Waals surface area contributed by atoms with E-state index in [2.05, 4.69) is 10.5 Å². The van der Waals surface area contributed by atoms with Crippen LogP contribution in [0.25, 0.3) is 0 Å². The van der Waals surface area contributed by atoms with Gasteiger partial charge in [0.05, 0.1) is 17.4 Å². The molecule has 1 aliphatic heterocycles. The Morgan fingerprint density at radius 2 is 2.21 bits per heavy atom. The molecule has 5 nitrogen and oxygen atoms in total. The molecule has 1 aromatic heterocycles. The van der Waals surface area contributed by atoms with E-state index in [1.807, 2.05) is 38.1 Å². The molecule has 2 aromatic rings. The van der Waals surface area contributed by atoms with Gasteiger partial charge in [-0.05, 0) is 38.8 Å². The molecule has 0 saturated carbocycles. The van der Waals surface area contributed by atoms with E-state index < -0.39 is 0 Å². The van der Waals surface area contributed by atoms with E-state index in [9.17, 15) is 4.79 Å². The third-order valence-electron chi connectivity index (χ3n) is 4.20. The van der Waals surface area contributed by atoms with Gasteiger partial charge in [-0.25, -0.2) is 0 Å². The third-order valence-corrected chi connectivity index (χ3v) is 5.30. The van der Waals surface area contributed by atoms with Crippen molar-refractivity contribution in [2.24, 2.45) is 0 Å². The lowest BCUT2D eigenvalue weighted by atomic mass is 10.2. The number of hydrogen-bond donors (Lipinski definition) is 1. The summed E-state index contributed by atoms with van der Waals surface area (Å²) in [5, 5.41) is 6.97. The first kappa shape index (κ1) is 17.0. The Hall–Kier alpha value is -1.79. The van der Waals surface area contributed by atoms with Crippen molar-refractivity contribution in [3.63, 3.8) is 0 Å². The molecular formula is C18H22N2O3S. The molecule has 1 amide bonds. The van der Waals surface area contributed by atoms with Crippen LogP contribution in [0.1, 0.15) is 40.2 Å². The minimum Gasteiger partial charge on any atom is -0.376 e. The molecule has 128 valence electrons. The highest BCUT2D eigenvalue weighted by molar-refractivity contribution is 7.98. The Labute approximate surface area is 146 Å². The lowest BCUT2D eigenvalue weighted by Gasteiger charge is -2.13. The van der Waals surface area contributed by atoms with Crippen LogP contribution in [0.3, 0.4) is 0 Å². The molecule has 0 spiro atoms. The van der Waals surface area contributed by atoms with Crippen LogP contribution in [0, 0.1) is 13.8 Å². The highest BCUT2D eigenvalue weighted by Gasteiger charge is 2.18. The van der Waals surface area contributed by atoms with Crippen LogP contribution in [-0.4, -0.2) is 30.3 Å². The minimum atomic E-state index is -0.0487. The van der Waals surface area contributed by atoms with Crippen molar-refractivity contribution in [2.45, 2.75) is 43.4 Å². The first-order valence-electron chi connectivity index (χ1n) is 8.18. The zero-order valence-electron chi connectivity index (χ0n) is 14.0. The molecule has 1 atom stereocenters. The van der Waals surface area contributed by atoms with E-state index in [4.69, 9.17) is 9.26 Å². The number of aryl methyl sites for hydroxylation is 2. The van der Waals surface area contributed by atoms with E-state index in [1.165, 1.54) is 0 Å². The van der Waals surface area contributed by atoms with Crippen molar-refractivity contribution < 1.29 is 14.1 Å². The topological polar surface area (TPSA) is 64.4 Å². The second kappa shape index (κ2) is 7.85. The molecule has 6 heteroatoms. The SMILES string of the molecule is Cc1noc(C)c1CSc1ccccc1C(=O)NCC1CCCO1. The van der Waals surface area contributed by atoms with Gasteiger partial charge in [0.1, 0.15) is 5.76 Å². The fourth-order valence-electron chi connectivity index (χ4n) is 2.75. The molecule has 0 radical (unpaired) electrons. The number of benzene rings is 1. The highest BCUT2D eigenvalue weighted by Crippen LogP contribution is 2.28. The van der Waals surface area contributed by atoms with Crippen molar-refractivity contribution in [2.75, 3.05) is 13.2 Å². The van der Waals surface area contributed by atoms with E-state index in [1.54, 1.807) is 11.8 Å². The molecule has 1 N–H and O–H groups in total. The largest absolute Gasteiger partial charge is 0.376 e. The van der Waals surface area contributed by atoms with Gasteiger partial charge in [0.15, 0.2) is 0 Å². The number of hydrogen-bond acceptors (Lipinski definition) is 5. The van der Waals surface area contributed by atoms with E-state index in [0.717, 1.165) is 47.1 Å². The minimum absolute atomic E-state index is 0.0487. The van der Waals surface area contributed by atoms with Crippen LogP contribution in [0.2, 0.25) is 0 Å². The summed E-state index contributed by atoms with van der Waals surface area (Å²) < 4.78 is 10.8. The first-order chi connectivity index (χ1) is 11.6. The number of nitrogens with one attached hydrogen (secondary N) is 1. The lowest BCUT2D eigenvalue weighted by molar-refractivity contribution is 0.0855. The highest BCUT2D eigenvalue weighted by atomic mass is 32.2. The molecule has 1 saturated heterocycles. The van der Waals surface area contributed by atoms with Gasteiger partial charge in [-0.1, -0.05) is 17.3 Å². The molecule has 1 aromatic carbocycles. The Kier molecular flexibility index (Phi) is 5.58. The summed E-state index contributed by atoms with van der Waals surface area (Å²) in [7, 11) is 0. The van der Waals surface area contributed by atoms with Crippen LogP contribution < -0.4 is 5.32 Å². The third kappa shape index (κ3) is 3.99. The summed E-state index contributed by atoms with van der Waals surface area (Å²) >= 11 is 1.63. The van der Waals surface area contributed by atoms with Gasteiger partial charge in [-0.3, -0.25) is 4.79 Å². The molecule has 0 aliphatic carbocycles. The number of carbonyl (C=O) groups excluding carboxylic acids is 1. The van der Waals surface area contributed by atoms with Gasteiger partial charge in [-0.15, -0.1) is 11.8 Å². The quantitative estimate of drug-likeness (QED) is 0.811. The number of ether oxygens (including phenoxy) is 1. The van der Waals surface area contributed by atoms with Crippen molar-refractivity contribution in [3.05, 3.63) is 46.8 Å². The molecular weight excluding hydrogens is 324 g/mol. The molecule has 1 aliphatic rings. The summed E-state index contributed by atoms with van der Waals surface area (Å²) in [6.07, 6.45) is 2.24. The number of amides is 1. The van der Waals surface area contributed by atoms with Crippen LogP contribution in [0.5, 0.6) is 0 Å². The van der Waals surface area contributed by atoms with Gasteiger partial charge < -0.3 is 14.6 Å². The van der Waals surface area contributed by atoms with E-state index >= 15 is 0 Å². The van der Waals surface area contributed by atoms with Crippen molar-refractivity contribution in [3.8, 4) is 0 Å². The number of nitrogens with zero attached hydrogens (tertiary/aromatic N) is 1. The number of aromatic nitrogens is 1. The Balaban J connectivity index is 1.64. The lowest BCUT2D eigenvalue weighted by Crippen LogP contribution is -2.32. The van der Waals surface area contributed by atoms with E-state index in [0.29, 0.717) is 12.1 Å². The zero-order chi connectivity index (χ0) is 16.9. The maximum atomic E-state index is 12.5. The van der Waals surface area contributed by atoms with Gasteiger partial charge >= 0.3 is 0 Å². The van der Waals surface area contributed by atoms with Gasteiger partial charge in [0, 0.05) is 29.4 Å². The van der Waals surface area contributed by atoms with Gasteiger partial charge in [0.25, 0.3) is 5.91 Å². The maximum Gasteiger partial charge on any atom is 0.252 e. The van der Waals surface area contributed by atoms with Crippen molar-refractivity contribution in [1.29, 1.82) is 0 Å². The summed E-state index contributed by atoms with van der Waals surface area (Å²) in [4.78, 5) is 13.5. The Bertz CT molecular complexity index is 689. The van der Waals surface area contributed by atoms with Crippen LogP contribution in [0.15, 0.2) is 33.7 Å². The average molecular weight is 346 g/mol. The summed E-state index contributed by atoms with van der Waals surface area (Å²) in [6.45, 7) is 5.22. The van der Waals surface area contributed by atoms with Crippen molar-refractivity contribution in [1.82, 2.24) is 10.5 Å². The molecule has 0 bridgehead atoms. The van der Waals surface area contributed by atoms with Crippen LogP contribution in [-0.2, 0) is 10.5 Å². The summed E-state index contributed by atoms with van der Waals surface area (Å²) in [5.74, 6) is 1.52. The monoisotopic (exact) mass is 346 g/mol. The van der Waals surface area contributed by atoms with Crippen LogP contribution >= 0.6 is 11.8 Å². The smallest absolute Gasteiger partial charge is 0.252 e. The van der Waals surface area contributed by atoms with Crippen LogP contribution in [0.4, 0.5) is 0 Å². The Morgan fingerprint density at radius 3 is 2.92 bits per heavy atom. The molecule has 3 rings (SSSR count). The Morgan fingerprint density at radius 1 is 1.38 bits per heavy atom. The fourth-order valence-corrected chi connectivity index (χ4v) is 3.95. The normalized spacial score (nSPS) is 17.2. The second-order valence-electron chi connectivity index (χ2n) is 5.93. The fraction of sp³-hybridized carbons (Fsp3) is 0.444. The second-order valence-corrected chi connectivity index (χ2v) is 6.95. The predicted octanol–water partition coefficient (Wildman–Crippen LogP) is 3.49. The first-order valence-corrected chi connectivity index (χ1v) is 9.17. The number of carbonyl (C=O) groups is 1. The average Bonchev–Trinajstić information content (AvgIpc) is 3.22. The van der Waals surface area contributed by atoms with E-state index in [-0.39, 0.29) is 12.0 Å². The number of thioether (sulfide) groups is 1. The van der Waals surface area contributed by atoms with Crippen molar-refractivity contribution >= 4 is 17.7 Å². The summed E-state index contributed by atoms with van der Waals surface area (Å²) in [6, 6.07) is 7.68. The molecule has 1 unspecified atom stereocenters. The van der Waals surface area contributed by atoms with Gasteiger partial charge in [-0.2, -0.15) is 0 Å². The predicted molar refractivity (Wildman–Crippen MR) is 93.3 cm³/mol. The maximum absolute atomic E-state index is 12.5.